The maximum atomic E-state index is 12.7. The van der Waals surface area contributed by atoms with E-state index in [9.17, 15) is 8.78 Å². The first-order valence-electron chi connectivity index (χ1n) is 3.41. The molecular formula is C8H9F2NO. The SMILES string of the molecule is Nc1ccc(C(F)(F)CO)cc1. The fourth-order valence-electron chi connectivity index (χ4n) is 0.818. The van der Waals surface area contributed by atoms with Crippen molar-refractivity contribution in [1.29, 1.82) is 0 Å². The highest BCUT2D eigenvalue weighted by molar-refractivity contribution is 5.40. The van der Waals surface area contributed by atoms with Gasteiger partial charge in [-0.1, -0.05) is 12.1 Å². The van der Waals surface area contributed by atoms with E-state index in [0.29, 0.717) is 5.69 Å². The standard InChI is InChI=1S/C8H9F2NO/c9-8(10,5-12)6-1-3-7(11)4-2-6/h1-4,12H,5,11H2. The predicted molar refractivity (Wildman–Crippen MR) is 41.8 cm³/mol. The van der Waals surface area contributed by atoms with E-state index in [2.05, 4.69) is 0 Å². The molecule has 66 valence electrons. The highest BCUT2D eigenvalue weighted by atomic mass is 19.3. The minimum absolute atomic E-state index is 0.223. The van der Waals surface area contributed by atoms with Crippen LogP contribution in [-0.4, -0.2) is 11.7 Å². The molecule has 1 aromatic carbocycles. The molecule has 0 fully saturated rings. The fourth-order valence-corrected chi connectivity index (χ4v) is 0.818. The van der Waals surface area contributed by atoms with Crippen molar-refractivity contribution in [3.63, 3.8) is 0 Å². The number of nitrogen functional groups attached to an aromatic ring is 1. The average Bonchev–Trinajstić information content (AvgIpc) is 2.05. The van der Waals surface area contributed by atoms with Crippen molar-refractivity contribution in [2.75, 3.05) is 12.3 Å². The van der Waals surface area contributed by atoms with E-state index in [0.717, 1.165) is 0 Å². The molecule has 0 atom stereocenters. The Balaban J connectivity index is 2.96. The van der Waals surface area contributed by atoms with Gasteiger partial charge in [0, 0.05) is 11.3 Å². The van der Waals surface area contributed by atoms with Crippen LogP contribution in [0, 0.1) is 0 Å². The molecule has 0 heterocycles. The van der Waals surface area contributed by atoms with Gasteiger partial charge in [0.15, 0.2) is 0 Å². The molecule has 0 aromatic heterocycles. The van der Waals surface area contributed by atoms with Crippen molar-refractivity contribution >= 4 is 5.69 Å². The van der Waals surface area contributed by atoms with E-state index in [1.807, 2.05) is 0 Å². The minimum Gasteiger partial charge on any atom is -0.399 e. The molecule has 12 heavy (non-hydrogen) atoms. The third-order valence-corrected chi connectivity index (χ3v) is 1.53. The van der Waals surface area contributed by atoms with Crippen molar-refractivity contribution in [3.8, 4) is 0 Å². The van der Waals surface area contributed by atoms with Crippen molar-refractivity contribution in [2.45, 2.75) is 5.92 Å². The van der Waals surface area contributed by atoms with Crippen LogP contribution in [0.2, 0.25) is 0 Å². The summed E-state index contributed by atoms with van der Waals surface area (Å²) < 4.78 is 25.5. The molecular weight excluding hydrogens is 164 g/mol. The van der Waals surface area contributed by atoms with Gasteiger partial charge in [-0.15, -0.1) is 0 Å². The van der Waals surface area contributed by atoms with Crippen LogP contribution < -0.4 is 5.73 Å². The Bertz CT molecular complexity index is 258. The minimum atomic E-state index is -3.17. The molecule has 0 unspecified atom stereocenters. The van der Waals surface area contributed by atoms with Gasteiger partial charge in [0.25, 0.3) is 5.92 Å². The van der Waals surface area contributed by atoms with Crippen LogP contribution in [0.4, 0.5) is 14.5 Å². The van der Waals surface area contributed by atoms with Crippen LogP contribution in [0.3, 0.4) is 0 Å². The lowest BCUT2D eigenvalue weighted by atomic mass is 10.1. The molecule has 0 saturated carbocycles. The van der Waals surface area contributed by atoms with E-state index in [-0.39, 0.29) is 5.56 Å². The summed E-state index contributed by atoms with van der Waals surface area (Å²) in [7, 11) is 0. The molecule has 1 aromatic rings. The Hall–Kier alpha value is -1.16. The Kier molecular flexibility index (Phi) is 2.28. The third kappa shape index (κ3) is 1.71. The zero-order valence-corrected chi connectivity index (χ0v) is 6.30. The smallest absolute Gasteiger partial charge is 0.295 e. The molecule has 0 bridgehead atoms. The number of nitrogens with two attached hydrogens (primary N) is 1. The molecule has 2 nitrogen and oxygen atoms in total. The lowest BCUT2D eigenvalue weighted by Crippen LogP contribution is -2.18. The summed E-state index contributed by atoms with van der Waals surface area (Å²) >= 11 is 0. The number of hydrogen-bond donors (Lipinski definition) is 2. The number of aliphatic hydroxyl groups excluding tert-OH is 1. The van der Waals surface area contributed by atoms with Gasteiger partial charge < -0.3 is 10.8 Å². The second-order valence-electron chi connectivity index (χ2n) is 2.48. The summed E-state index contributed by atoms with van der Waals surface area (Å²) in [5.41, 5.74) is 5.50. The molecule has 0 amide bonds. The molecule has 3 N–H and O–H groups in total. The van der Waals surface area contributed by atoms with E-state index in [1.165, 1.54) is 24.3 Å². The largest absolute Gasteiger partial charge is 0.399 e. The van der Waals surface area contributed by atoms with Gasteiger partial charge in [-0.05, 0) is 12.1 Å². The topological polar surface area (TPSA) is 46.2 Å². The van der Waals surface area contributed by atoms with Gasteiger partial charge in [-0.2, -0.15) is 8.78 Å². The zero-order valence-electron chi connectivity index (χ0n) is 6.30. The number of rotatable bonds is 2. The van der Waals surface area contributed by atoms with Crippen LogP contribution in [0.15, 0.2) is 24.3 Å². The molecule has 1 rings (SSSR count). The second kappa shape index (κ2) is 3.06. The lowest BCUT2D eigenvalue weighted by molar-refractivity contribution is -0.0556. The summed E-state index contributed by atoms with van der Waals surface area (Å²) in [5.74, 6) is -3.17. The highest BCUT2D eigenvalue weighted by Gasteiger charge is 2.29. The Morgan fingerprint density at radius 1 is 1.25 bits per heavy atom. The first-order valence-corrected chi connectivity index (χ1v) is 3.41. The van der Waals surface area contributed by atoms with Crippen LogP contribution in [-0.2, 0) is 5.92 Å². The summed E-state index contributed by atoms with van der Waals surface area (Å²) in [5, 5.41) is 8.34. The van der Waals surface area contributed by atoms with Crippen LogP contribution in [0.5, 0.6) is 0 Å². The maximum Gasteiger partial charge on any atom is 0.295 e. The van der Waals surface area contributed by atoms with Gasteiger partial charge in [-0.3, -0.25) is 0 Å². The summed E-state index contributed by atoms with van der Waals surface area (Å²) in [6, 6.07) is 5.15. The monoisotopic (exact) mass is 173 g/mol. The van der Waals surface area contributed by atoms with E-state index >= 15 is 0 Å². The number of anilines is 1. The van der Waals surface area contributed by atoms with Crippen molar-refractivity contribution in [3.05, 3.63) is 29.8 Å². The second-order valence-corrected chi connectivity index (χ2v) is 2.48. The molecule has 0 spiro atoms. The number of alkyl halides is 2. The first-order chi connectivity index (χ1) is 5.56. The molecule has 0 aliphatic carbocycles. The quantitative estimate of drug-likeness (QED) is 0.663. The molecule has 0 aliphatic heterocycles. The zero-order chi connectivity index (χ0) is 9.19. The van der Waals surface area contributed by atoms with Crippen LogP contribution in [0.1, 0.15) is 5.56 Å². The van der Waals surface area contributed by atoms with Gasteiger partial charge in [-0.25, -0.2) is 0 Å². The molecule has 4 heteroatoms. The van der Waals surface area contributed by atoms with Crippen LogP contribution in [0.25, 0.3) is 0 Å². The first kappa shape index (κ1) is 8.93. The van der Waals surface area contributed by atoms with Gasteiger partial charge in [0.05, 0.1) is 0 Å². The molecule has 0 radical (unpaired) electrons. The van der Waals surface area contributed by atoms with E-state index < -0.39 is 12.5 Å². The normalized spacial score (nSPS) is 11.6. The Morgan fingerprint density at radius 3 is 2.17 bits per heavy atom. The summed E-state index contributed by atoms with van der Waals surface area (Å²) in [6.45, 7) is -1.18. The van der Waals surface area contributed by atoms with E-state index in [4.69, 9.17) is 10.8 Å². The lowest BCUT2D eigenvalue weighted by Gasteiger charge is -2.12. The number of aliphatic hydroxyl groups is 1. The molecule has 0 aliphatic rings. The number of halogens is 2. The highest BCUT2D eigenvalue weighted by Crippen LogP contribution is 2.27. The number of benzene rings is 1. The maximum absolute atomic E-state index is 12.7. The van der Waals surface area contributed by atoms with Gasteiger partial charge >= 0.3 is 0 Å². The number of hydrogen-bond acceptors (Lipinski definition) is 2. The molecule has 0 saturated heterocycles. The van der Waals surface area contributed by atoms with E-state index in [1.54, 1.807) is 0 Å². The fraction of sp³-hybridized carbons (Fsp3) is 0.250. The van der Waals surface area contributed by atoms with Crippen molar-refractivity contribution in [2.24, 2.45) is 0 Å². The van der Waals surface area contributed by atoms with Crippen LogP contribution >= 0.6 is 0 Å². The summed E-state index contributed by atoms with van der Waals surface area (Å²) in [6.07, 6.45) is 0. The Labute approximate surface area is 68.6 Å². The Morgan fingerprint density at radius 2 is 1.75 bits per heavy atom. The summed E-state index contributed by atoms with van der Waals surface area (Å²) in [4.78, 5) is 0. The third-order valence-electron chi connectivity index (χ3n) is 1.53. The van der Waals surface area contributed by atoms with Gasteiger partial charge in [0.1, 0.15) is 6.61 Å². The van der Waals surface area contributed by atoms with Gasteiger partial charge in [0.2, 0.25) is 0 Å². The average molecular weight is 173 g/mol. The van der Waals surface area contributed by atoms with Crippen molar-refractivity contribution in [1.82, 2.24) is 0 Å². The predicted octanol–water partition coefficient (Wildman–Crippen LogP) is 1.35. The van der Waals surface area contributed by atoms with Crippen molar-refractivity contribution < 1.29 is 13.9 Å².